The molecule has 3 heterocycles. The molecular weight excluding hydrogens is 403 g/mol. The number of hydrogen-bond acceptors (Lipinski definition) is 6. The van der Waals surface area contributed by atoms with E-state index in [9.17, 15) is 4.79 Å². The van der Waals surface area contributed by atoms with Crippen LogP contribution in [0.1, 0.15) is 23.7 Å². The number of ether oxygens (including phenoxy) is 2. The minimum Gasteiger partial charge on any atom is -0.469 e. The molecule has 1 fully saturated rings. The Morgan fingerprint density at radius 2 is 2.11 bits per heavy atom. The van der Waals surface area contributed by atoms with Crippen LogP contribution < -0.4 is 15.5 Å². The molecule has 1 aromatic carbocycles. The summed E-state index contributed by atoms with van der Waals surface area (Å²) in [6, 6.07) is 9.03. The number of carbonyl (C=O) groups is 1. The third kappa shape index (κ3) is 4.12. The highest BCUT2D eigenvalue weighted by molar-refractivity contribution is 6.42. The Labute approximate surface area is 172 Å². The molecule has 2 unspecified atom stereocenters. The van der Waals surface area contributed by atoms with Crippen LogP contribution >= 0.6 is 23.2 Å². The lowest BCUT2D eigenvalue weighted by Gasteiger charge is -2.26. The second-order valence-electron chi connectivity index (χ2n) is 6.45. The van der Waals surface area contributed by atoms with Crippen molar-refractivity contribution in [3.63, 3.8) is 0 Å². The molecule has 7 nitrogen and oxygen atoms in total. The van der Waals surface area contributed by atoms with Gasteiger partial charge in [0.1, 0.15) is 12.2 Å². The van der Waals surface area contributed by atoms with Crippen molar-refractivity contribution in [1.29, 1.82) is 0 Å². The first-order chi connectivity index (χ1) is 13.6. The Balaban J connectivity index is 1.63. The van der Waals surface area contributed by atoms with Crippen LogP contribution in [0, 0.1) is 0 Å². The smallest absolute Gasteiger partial charge is 0.246 e. The minimum absolute atomic E-state index is 0.155. The van der Waals surface area contributed by atoms with Crippen molar-refractivity contribution in [2.24, 2.45) is 5.10 Å². The summed E-state index contributed by atoms with van der Waals surface area (Å²) in [5.74, 6) is 0.248. The van der Waals surface area contributed by atoms with Crippen molar-refractivity contribution in [3.8, 4) is 5.88 Å². The van der Waals surface area contributed by atoms with Crippen molar-refractivity contribution >= 4 is 34.8 Å². The maximum atomic E-state index is 11.5. The lowest BCUT2D eigenvalue weighted by atomic mass is 10.0. The van der Waals surface area contributed by atoms with Crippen LogP contribution in [0.15, 0.2) is 41.6 Å². The van der Waals surface area contributed by atoms with E-state index in [1.54, 1.807) is 24.4 Å². The summed E-state index contributed by atoms with van der Waals surface area (Å²) in [6.45, 7) is 1.80. The SMILES string of the molecule is O=C1CC(c2cccnc2OC2CNCCOC2c2ccc(Cl)c(Cl)c2)=NN1. The number of benzene rings is 1. The summed E-state index contributed by atoms with van der Waals surface area (Å²) in [5.41, 5.74) is 4.61. The van der Waals surface area contributed by atoms with Crippen LogP contribution in [0.5, 0.6) is 5.88 Å². The highest BCUT2D eigenvalue weighted by Crippen LogP contribution is 2.32. The van der Waals surface area contributed by atoms with Gasteiger partial charge in [-0.05, 0) is 29.8 Å². The molecule has 0 bridgehead atoms. The van der Waals surface area contributed by atoms with Gasteiger partial charge in [0, 0.05) is 19.3 Å². The van der Waals surface area contributed by atoms with Gasteiger partial charge in [0.15, 0.2) is 0 Å². The van der Waals surface area contributed by atoms with Crippen molar-refractivity contribution in [2.45, 2.75) is 18.6 Å². The lowest BCUT2D eigenvalue weighted by Crippen LogP contribution is -2.35. The molecule has 146 valence electrons. The highest BCUT2D eigenvalue weighted by atomic mass is 35.5. The number of nitrogens with one attached hydrogen (secondary N) is 2. The molecule has 0 spiro atoms. The van der Waals surface area contributed by atoms with Crippen molar-refractivity contribution in [2.75, 3.05) is 19.7 Å². The molecule has 2 N–H and O–H groups in total. The Morgan fingerprint density at radius 3 is 2.89 bits per heavy atom. The summed E-state index contributed by atoms with van der Waals surface area (Å²) in [5, 5.41) is 8.33. The molecule has 2 aliphatic rings. The van der Waals surface area contributed by atoms with E-state index >= 15 is 0 Å². The van der Waals surface area contributed by atoms with Crippen molar-refractivity contribution in [3.05, 3.63) is 57.7 Å². The molecule has 1 amide bonds. The van der Waals surface area contributed by atoms with E-state index in [1.807, 2.05) is 12.1 Å². The summed E-state index contributed by atoms with van der Waals surface area (Å²) in [7, 11) is 0. The van der Waals surface area contributed by atoms with Gasteiger partial charge >= 0.3 is 0 Å². The molecule has 2 aliphatic heterocycles. The van der Waals surface area contributed by atoms with Gasteiger partial charge in [-0.2, -0.15) is 5.10 Å². The number of carbonyl (C=O) groups excluding carboxylic acids is 1. The molecule has 2 aromatic rings. The van der Waals surface area contributed by atoms with E-state index in [1.165, 1.54) is 0 Å². The van der Waals surface area contributed by atoms with Crippen molar-refractivity contribution in [1.82, 2.24) is 15.7 Å². The number of rotatable bonds is 4. The molecular formula is C19H18Cl2N4O3. The van der Waals surface area contributed by atoms with E-state index in [-0.39, 0.29) is 24.5 Å². The Kier molecular flexibility index (Phi) is 5.77. The minimum atomic E-state index is -0.362. The summed E-state index contributed by atoms with van der Waals surface area (Å²) < 4.78 is 12.3. The van der Waals surface area contributed by atoms with Gasteiger partial charge < -0.3 is 14.8 Å². The van der Waals surface area contributed by atoms with Gasteiger partial charge in [0.2, 0.25) is 11.8 Å². The van der Waals surface area contributed by atoms with Crippen LogP contribution in [0.4, 0.5) is 0 Å². The zero-order chi connectivity index (χ0) is 19.5. The third-order valence-electron chi connectivity index (χ3n) is 4.52. The van der Waals surface area contributed by atoms with Crippen LogP contribution in [-0.2, 0) is 9.53 Å². The fourth-order valence-electron chi connectivity index (χ4n) is 3.18. The van der Waals surface area contributed by atoms with E-state index in [0.717, 1.165) is 5.56 Å². The van der Waals surface area contributed by atoms with E-state index in [2.05, 4.69) is 20.8 Å². The van der Waals surface area contributed by atoms with E-state index in [0.29, 0.717) is 46.9 Å². The zero-order valence-electron chi connectivity index (χ0n) is 14.8. The molecule has 2 atom stereocenters. The van der Waals surface area contributed by atoms with Gasteiger partial charge in [0.25, 0.3) is 0 Å². The quantitative estimate of drug-likeness (QED) is 0.793. The molecule has 0 radical (unpaired) electrons. The average Bonchev–Trinajstić information content (AvgIpc) is 2.99. The number of nitrogens with zero attached hydrogens (tertiary/aromatic N) is 2. The first-order valence-electron chi connectivity index (χ1n) is 8.86. The molecule has 1 saturated heterocycles. The third-order valence-corrected chi connectivity index (χ3v) is 5.26. The van der Waals surface area contributed by atoms with Gasteiger partial charge in [-0.3, -0.25) is 4.79 Å². The zero-order valence-corrected chi connectivity index (χ0v) is 16.3. The molecule has 0 saturated carbocycles. The van der Waals surface area contributed by atoms with Gasteiger partial charge in [-0.25, -0.2) is 10.4 Å². The first-order valence-corrected chi connectivity index (χ1v) is 9.62. The Hall–Kier alpha value is -2.19. The van der Waals surface area contributed by atoms with Crippen molar-refractivity contribution < 1.29 is 14.3 Å². The largest absolute Gasteiger partial charge is 0.469 e. The predicted molar refractivity (Wildman–Crippen MR) is 106 cm³/mol. The highest BCUT2D eigenvalue weighted by Gasteiger charge is 2.30. The average molecular weight is 421 g/mol. The number of hydrogen-bond donors (Lipinski definition) is 2. The number of pyridine rings is 1. The topological polar surface area (TPSA) is 84.8 Å². The number of hydrazone groups is 1. The van der Waals surface area contributed by atoms with Crippen LogP contribution in [0.25, 0.3) is 0 Å². The summed E-state index contributed by atoms with van der Waals surface area (Å²) >= 11 is 12.2. The summed E-state index contributed by atoms with van der Waals surface area (Å²) in [4.78, 5) is 15.9. The van der Waals surface area contributed by atoms with Crippen LogP contribution in [0.2, 0.25) is 10.0 Å². The number of amides is 1. The molecule has 9 heteroatoms. The second kappa shape index (κ2) is 8.45. The van der Waals surface area contributed by atoms with Crippen LogP contribution in [0.3, 0.4) is 0 Å². The normalized spacial score (nSPS) is 22.4. The predicted octanol–water partition coefficient (Wildman–Crippen LogP) is 2.72. The summed E-state index contributed by atoms with van der Waals surface area (Å²) in [6.07, 6.45) is 1.12. The van der Waals surface area contributed by atoms with Gasteiger partial charge in [-0.15, -0.1) is 0 Å². The number of halogens is 2. The maximum Gasteiger partial charge on any atom is 0.246 e. The fraction of sp³-hybridized carbons (Fsp3) is 0.316. The molecule has 28 heavy (non-hydrogen) atoms. The second-order valence-corrected chi connectivity index (χ2v) is 7.27. The number of aromatic nitrogens is 1. The van der Waals surface area contributed by atoms with Gasteiger partial charge in [0.05, 0.1) is 34.3 Å². The Bertz CT molecular complexity index is 922. The maximum absolute atomic E-state index is 11.5. The first kappa shape index (κ1) is 19.1. The molecule has 4 rings (SSSR count). The Morgan fingerprint density at radius 1 is 1.21 bits per heavy atom. The molecule has 1 aromatic heterocycles. The monoisotopic (exact) mass is 420 g/mol. The van der Waals surface area contributed by atoms with E-state index in [4.69, 9.17) is 32.7 Å². The standard InChI is InChI=1S/C19H18Cl2N4O3/c20-13-4-3-11(8-14(13)21)18-16(10-22-6-7-27-18)28-19-12(2-1-5-23-19)15-9-17(26)25-24-15/h1-5,8,16,18,22H,6-7,9-10H2,(H,25,26). The fourth-order valence-corrected chi connectivity index (χ4v) is 3.49. The molecule has 0 aliphatic carbocycles. The lowest BCUT2D eigenvalue weighted by molar-refractivity contribution is -0.119. The van der Waals surface area contributed by atoms with E-state index < -0.39 is 0 Å². The van der Waals surface area contributed by atoms with Crippen LogP contribution in [-0.4, -0.2) is 42.4 Å². The van der Waals surface area contributed by atoms with Gasteiger partial charge in [-0.1, -0.05) is 29.3 Å².